The second-order valence-electron chi connectivity index (χ2n) is 8.07. The van der Waals surface area contributed by atoms with E-state index in [4.69, 9.17) is 10.2 Å². The maximum atomic E-state index is 9.74. The minimum Gasteiger partial charge on any atom is -0.393 e. The molecule has 0 saturated carbocycles. The first-order valence-corrected chi connectivity index (χ1v) is 10.5. The summed E-state index contributed by atoms with van der Waals surface area (Å²) in [6, 6.07) is 0. The Kier molecular flexibility index (Phi) is 16.3. The van der Waals surface area contributed by atoms with Crippen LogP contribution in [0.5, 0.6) is 0 Å². The van der Waals surface area contributed by atoms with Crippen molar-refractivity contribution in [2.75, 3.05) is 13.2 Å². The van der Waals surface area contributed by atoms with Crippen molar-refractivity contribution < 1.29 is 15.3 Å². The van der Waals surface area contributed by atoms with Crippen molar-refractivity contribution >= 4 is 0 Å². The Morgan fingerprint density at radius 3 is 1.25 bits per heavy atom. The van der Waals surface area contributed by atoms with E-state index >= 15 is 0 Å². The number of hydrogen-bond acceptors (Lipinski definition) is 3. The van der Waals surface area contributed by atoms with Gasteiger partial charge >= 0.3 is 0 Å². The van der Waals surface area contributed by atoms with Crippen LogP contribution in [0.2, 0.25) is 0 Å². The fourth-order valence-electron chi connectivity index (χ4n) is 3.16. The van der Waals surface area contributed by atoms with Crippen LogP contribution in [0.15, 0.2) is 0 Å². The lowest BCUT2D eigenvalue weighted by Crippen LogP contribution is -2.37. The molecule has 0 amide bonds. The predicted molar refractivity (Wildman–Crippen MR) is 103 cm³/mol. The second-order valence-corrected chi connectivity index (χ2v) is 8.07. The summed E-state index contributed by atoms with van der Waals surface area (Å²) in [4.78, 5) is 0. The molecule has 0 saturated heterocycles. The first-order valence-electron chi connectivity index (χ1n) is 10.5. The van der Waals surface area contributed by atoms with Crippen molar-refractivity contribution in [2.45, 2.75) is 116 Å². The first-order chi connectivity index (χ1) is 11.5. The third-order valence-corrected chi connectivity index (χ3v) is 5.01. The van der Waals surface area contributed by atoms with E-state index in [9.17, 15) is 5.11 Å². The maximum absolute atomic E-state index is 9.74. The molecule has 0 aromatic heterocycles. The van der Waals surface area contributed by atoms with E-state index in [1.54, 1.807) is 0 Å². The zero-order valence-corrected chi connectivity index (χ0v) is 16.4. The normalized spacial score (nSPS) is 12.2. The number of unbranched alkanes of at least 4 members (excludes halogenated alkanes) is 12. The molecule has 0 atom stereocenters. The summed E-state index contributed by atoms with van der Waals surface area (Å²) in [5.74, 6) is 0.862. The van der Waals surface area contributed by atoms with Gasteiger partial charge in [-0.1, -0.05) is 104 Å². The van der Waals surface area contributed by atoms with Crippen LogP contribution in [0, 0.1) is 5.92 Å². The lowest BCUT2D eigenvalue weighted by molar-refractivity contribution is -0.0616. The third kappa shape index (κ3) is 15.4. The van der Waals surface area contributed by atoms with Crippen molar-refractivity contribution in [3.8, 4) is 0 Å². The van der Waals surface area contributed by atoms with Gasteiger partial charge in [0.2, 0.25) is 0 Å². The van der Waals surface area contributed by atoms with Crippen LogP contribution >= 0.6 is 0 Å². The van der Waals surface area contributed by atoms with Gasteiger partial charge in [-0.3, -0.25) is 0 Å². The Hall–Kier alpha value is -0.120. The van der Waals surface area contributed by atoms with Crippen LogP contribution in [0.25, 0.3) is 0 Å². The highest BCUT2D eigenvalue weighted by Crippen LogP contribution is 2.17. The molecule has 3 nitrogen and oxygen atoms in total. The number of hydrogen-bond donors (Lipinski definition) is 3. The fourth-order valence-corrected chi connectivity index (χ4v) is 3.16. The van der Waals surface area contributed by atoms with Crippen molar-refractivity contribution in [3.05, 3.63) is 0 Å². The van der Waals surface area contributed by atoms with Gasteiger partial charge in [-0.2, -0.15) is 0 Å². The SMILES string of the molecule is CC(C)CCCCCCCCCCCCCCCC(O)(CO)CO. The van der Waals surface area contributed by atoms with Crippen LogP contribution in [-0.4, -0.2) is 34.1 Å². The summed E-state index contributed by atoms with van der Waals surface area (Å²) < 4.78 is 0. The van der Waals surface area contributed by atoms with Crippen molar-refractivity contribution in [1.29, 1.82) is 0 Å². The van der Waals surface area contributed by atoms with E-state index in [1.807, 2.05) is 0 Å². The van der Waals surface area contributed by atoms with Gasteiger partial charge < -0.3 is 15.3 Å². The van der Waals surface area contributed by atoms with Gasteiger partial charge in [-0.05, 0) is 12.3 Å². The second kappa shape index (κ2) is 16.4. The summed E-state index contributed by atoms with van der Waals surface area (Å²) in [6.07, 6.45) is 18.8. The summed E-state index contributed by atoms with van der Waals surface area (Å²) in [6.45, 7) is 3.93. The Labute approximate surface area is 150 Å². The molecule has 0 bridgehead atoms. The lowest BCUT2D eigenvalue weighted by Gasteiger charge is -2.22. The molecule has 0 aliphatic rings. The lowest BCUT2D eigenvalue weighted by atomic mass is 9.97. The molecule has 0 aliphatic carbocycles. The van der Waals surface area contributed by atoms with E-state index < -0.39 is 5.60 Å². The molecule has 0 radical (unpaired) electrons. The summed E-state index contributed by atoms with van der Waals surface area (Å²) >= 11 is 0. The molecular formula is C21H44O3. The monoisotopic (exact) mass is 344 g/mol. The first kappa shape index (κ1) is 23.9. The molecular weight excluding hydrogens is 300 g/mol. The number of aliphatic hydroxyl groups is 3. The van der Waals surface area contributed by atoms with Crippen LogP contribution in [0.3, 0.4) is 0 Å². The molecule has 0 spiro atoms. The molecule has 0 aliphatic heterocycles. The largest absolute Gasteiger partial charge is 0.393 e. The summed E-state index contributed by atoms with van der Waals surface area (Å²) in [5, 5.41) is 27.7. The van der Waals surface area contributed by atoms with Crippen molar-refractivity contribution in [2.24, 2.45) is 5.92 Å². The molecule has 3 heteroatoms. The fraction of sp³-hybridized carbons (Fsp3) is 1.00. The molecule has 0 fully saturated rings. The van der Waals surface area contributed by atoms with Gasteiger partial charge in [0.1, 0.15) is 5.60 Å². The zero-order valence-electron chi connectivity index (χ0n) is 16.4. The third-order valence-electron chi connectivity index (χ3n) is 5.01. The number of rotatable bonds is 18. The molecule has 0 unspecified atom stereocenters. The van der Waals surface area contributed by atoms with E-state index in [0.717, 1.165) is 18.8 Å². The Morgan fingerprint density at radius 2 is 0.917 bits per heavy atom. The Morgan fingerprint density at radius 1 is 0.583 bits per heavy atom. The molecule has 24 heavy (non-hydrogen) atoms. The highest BCUT2D eigenvalue weighted by molar-refractivity contribution is 4.75. The van der Waals surface area contributed by atoms with Gasteiger partial charge in [0, 0.05) is 0 Å². The van der Waals surface area contributed by atoms with Gasteiger partial charge in [0.25, 0.3) is 0 Å². The summed E-state index contributed by atoms with van der Waals surface area (Å²) in [5.41, 5.74) is -1.27. The number of aliphatic hydroxyl groups excluding tert-OH is 2. The maximum Gasteiger partial charge on any atom is 0.111 e. The summed E-state index contributed by atoms with van der Waals surface area (Å²) in [7, 11) is 0. The minimum absolute atomic E-state index is 0.346. The topological polar surface area (TPSA) is 60.7 Å². The van der Waals surface area contributed by atoms with Gasteiger partial charge in [0.15, 0.2) is 0 Å². The Bertz CT molecular complexity index is 249. The molecule has 3 N–H and O–H groups in total. The van der Waals surface area contributed by atoms with E-state index in [1.165, 1.54) is 77.0 Å². The molecule has 146 valence electrons. The van der Waals surface area contributed by atoms with Crippen LogP contribution in [0.1, 0.15) is 110 Å². The van der Waals surface area contributed by atoms with Gasteiger partial charge in [-0.25, -0.2) is 0 Å². The minimum atomic E-state index is -1.27. The average Bonchev–Trinajstić information content (AvgIpc) is 2.57. The highest BCUT2D eigenvalue weighted by Gasteiger charge is 2.23. The quantitative estimate of drug-likeness (QED) is 0.299. The van der Waals surface area contributed by atoms with E-state index in [0.29, 0.717) is 6.42 Å². The van der Waals surface area contributed by atoms with Crippen LogP contribution < -0.4 is 0 Å². The highest BCUT2D eigenvalue weighted by atomic mass is 16.4. The predicted octanol–water partition coefficient (Wildman–Crippen LogP) is 5.21. The molecule has 0 heterocycles. The zero-order chi connectivity index (χ0) is 18.1. The van der Waals surface area contributed by atoms with Gasteiger partial charge in [-0.15, -0.1) is 0 Å². The molecule has 0 rings (SSSR count). The van der Waals surface area contributed by atoms with E-state index in [-0.39, 0.29) is 13.2 Å². The standard InChI is InChI=1S/C21H44O3/c1-20(2)16-14-12-10-8-6-4-3-5-7-9-11-13-15-17-21(24,18-22)19-23/h20,22-24H,3-19H2,1-2H3. The smallest absolute Gasteiger partial charge is 0.111 e. The van der Waals surface area contributed by atoms with Crippen LogP contribution in [0.4, 0.5) is 0 Å². The van der Waals surface area contributed by atoms with Crippen LogP contribution in [-0.2, 0) is 0 Å². The Balaban J connectivity index is 3.15. The molecule has 0 aromatic rings. The van der Waals surface area contributed by atoms with Crippen molar-refractivity contribution in [3.63, 3.8) is 0 Å². The van der Waals surface area contributed by atoms with E-state index in [2.05, 4.69) is 13.8 Å². The van der Waals surface area contributed by atoms with Crippen molar-refractivity contribution in [1.82, 2.24) is 0 Å². The van der Waals surface area contributed by atoms with Gasteiger partial charge in [0.05, 0.1) is 13.2 Å². The molecule has 0 aromatic carbocycles. The average molecular weight is 345 g/mol.